The van der Waals surface area contributed by atoms with Gasteiger partial charge in [-0.15, -0.1) is 11.3 Å². The molecule has 0 amide bonds. The van der Waals surface area contributed by atoms with Crippen LogP contribution in [0.1, 0.15) is 10.6 Å². The van der Waals surface area contributed by atoms with Crippen LogP contribution in [-0.4, -0.2) is 9.97 Å². The molecule has 0 saturated carbocycles. The summed E-state index contributed by atoms with van der Waals surface area (Å²) in [5.41, 5.74) is 2.24. The first-order valence-electron chi connectivity index (χ1n) is 5.08. The molecule has 0 aliphatic carbocycles. The van der Waals surface area contributed by atoms with Gasteiger partial charge in [0.15, 0.2) is 0 Å². The fourth-order valence-electron chi connectivity index (χ4n) is 1.57. The molecule has 2 heterocycles. The normalized spacial score (nSPS) is 11.5. The first kappa shape index (κ1) is 9.36. The molecule has 0 aliphatic rings. The van der Waals surface area contributed by atoms with Crippen LogP contribution in [0.5, 0.6) is 0 Å². The van der Waals surface area contributed by atoms with Gasteiger partial charge in [0.05, 0.1) is 10.2 Å². The van der Waals surface area contributed by atoms with Crippen molar-refractivity contribution in [1.82, 2.24) is 9.97 Å². The summed E-state index contributed by atoms with van der Waals surface area (Å²) >= 11 is 1.71. The van der Waals surface area contributed by atoms with Gasteiger partial charge in [-0.2, -0.15) is 0 Å². The van der Waals surface area contributed by atoms with Gasteiger partial charge in [-0.25, -0.2) is 4.98 Å². The Labute approximate surface area is 97.3 Å². The van der Waals surface area contributed by atoms with E-state index in [1.165, 1.54) is 10.3 Å². The number of fused-ring (bicyclic) bond motifs is 1. The number of benzene rings is 1. The first-order valence-corrected chi connectivity index (χ1v) is 5.90. The summed E-state index contributed by atoms with van der Waals surface area (Å²) in [5, 5.41) is 1.04. The van der Waals surface area contributed by atoms with Crippen molar-refractivity contribution in [3.63, 3.8) is 0 Å². The van der Waals surface area contributed by atoms with E-state index >= 15 is 0 Å². The van der Waals surface area contributed by atoms with Crippen molar-refractivity contribution in [2.75, 3.05) is 0 Å². The average molecular weight is 226 g/mol. The van der Waals surface area contributed by atoms with Crippen LogP contribution in [0.4, 0.5) is 0 Å². The van der Waals surface area contributed by atoms with Gasteiger partial charge in [0.1, 0.15) is 5.01 Å². The third kappa shape index (κ3) is 1.77. The molecule has 0 radical (unpaired) electrons. The minimum absolute atomic E-state index is 1.04. The Kier molecular flexibility index (Phi) is 2.31. The summed E-state index contributed by atoms with van der Waals surface area (Å²) < 4.78 is 1.23. The van der Waals surface area contributed by atoms with Crippen LogP contribution in [0.15, 0.2) is 42.7 Å². The second-order valence-electron chi connectivity index (χ2n) is 3.50. The van der Waals surface area contributed by atoms with E-state index in [9.17, 15) is 0 Å². The number of H-pyrrole nitrogens is 1. The lowest BCUT2D eigenvalue weighted by atomic mass is 10.3. The lowest BCUT2D eigenvalue weighted by Gasteiger charge is -1.82. The second kappa shape index (κ2) is 3.94. The third-order valence-corrected chi connectivity index (χ3v) is 3.35. The monoisotopic (exact) mass is 226 g/mol. The number of nitrogens with zero attached hydrogens (tertiary/aromatic N) is 1. The van der Waals surface area contributed by atoms with E-state index in [1.807, 2.05) is 42.7 Å². The Hall–Kier alpha value is -1.87. The molecule has 3 rings (SSSR count). The highest BCUT2D eigenvalue weighted by atomic mass is 32.1. The quantitative estimate of drug-likeness (QED) is 0.707. The minimum Gasteiger partial charge on any atom is -0.367 e. The molecule has 0 bridgehead atoms. The standard InChI is InChI=1S/C13H10N2S/c1-2-4-12-11(3-1)15-13(16-12)6-5-10-7-8-14-9-10/h1-9,14H/b6-5+. The van der Waals surface area contributed by atoms with Gasteiger partial charge in [0.25, 0.3) is 0 Å². The number of aromatic amines is 1. The maximum atomic E-state index is 4.53. The van der Waals surface area contributed by atoms with Gasteiger partial charge >= 0.3 is 0 Å². The number of hydrogen-bond donors (Lipinski definition) is 1. The largest absolute Gasteiger partial charge is 0.367 e. The van der Waals surface area contributed by atoms with E-state index in [-0.39, 0.29) is 0 Å². The predicted molar refractivity (Wildman–Crippen MR) is 69.3 cm³/mol. The molecule has 1 aromatic carbocycles. The number of nitrogens with one attached hydrogen (secondary N) is 1. The maximum absolute atomic E-state index is 4.53. The highest BCUT2D eigenvalue weighted by molar-refractivity contribution is 7.19. The summed E-state index contributed by atoms with van der Waals surface area (Å²) in [7, 11) is 0. The molecule has 0 fully saturated rings. The van der Waals surface area contributed by atoms with Crippen molar-refractivity contribution in [2.45, 2.75) is 0 Å². The molecule has 3 heteroatoms. The number of aromatic nitrogens is 2. The van der Waals surface area contributed by atoms with Crippen molar-refractivity contribution in [3.8, 4) is 0 Å². The van der Waals surface area contributed by atoms with Gasteiger partial charge in [0.2, 0.25) is 0 Å². The predicted octanol–water partition coefficient (Wildman–Crippen LogP) is 3.79. The van der Waals surface area contributed by atoms with Gasteiger partial charge in [-0.1, -0.05) is 18.2 Å². The van der Waals surface area contributed by atoms with Gasteiger partial charge in [0, 0.05) is 12.4 Å². The summed E-state index contributed by atoms with van der Waals surface area (Å²) in [6.45, 7) is 0. The highest BCUT2D eigenvalue weighted by Gasteiger charge is 1.98. The van der Waals surface area contributed by atoms with Gasteiger partial charge in [-0.3, -0.25) is 0 Å². The van der Waals surface area contributed by atoms with Crippen LogP contribution in [0.2, 0.25) is 0 Å². The Bertz CT molecular complexity index is 587. The molecule has 78 valence electrons. The smallest absolute Gasteiger partial charge is 0.117 e. The maximum Gasteiger partial charge on any atom is 0.117 e. The molecule has 2 nitrogen and oxygen atoms in total. The molecule has 0 unspecified atom stereocenters. The molecule has 0 spiro atoms. The Balaban J connectivity index is 1.95. The molecule has 0 saturated heterocycles. The average Bonchev–Trinajstić information content (AvgIpc) is 2.95. The van der Waals surface area contributed by atoms with Crippen molar-refractivity contribution in [1.29, 1.82) is 0 Å². The van der Waals surface area contributed by atoms with E-state index in [0.29, 0.717) is 0 Å². The summed E-state index contributed by atoms with van der Waals surface area (Å²) in [6.07, 6.45) is 7.99. The SMILES string of the molecule is C(=C\c1nc2ccccc2s1)/c1cc[nH]c1. The number of rotatable bonds is 2. The molecular formula is C13H10N2S. The lowest BCUT2D eigenvalue weighted by Crippen LogP contribution is -1.68. The third-order valence-electron chi connectivity index (χ3n) is 2.35. The zero-order chi connectivity index (χ0) is 10.8. The molecule has 3 aromatic rings. The van der Waals surface area contributed by atoms with E-state index in [1.54, 1.807) is 11.3 Å². The van der Waals surface area contributed by atoms with E-state index in [2.05, 4.69) is 22.1 Å². The van der Waals surface area contributed by atoms with Crippen molar-refractivity contribution >= 4 is 33.7 Å². The fourth-order valence-corrected chi connectivity index (χ4v) is 2.44. The van der Waals surface area contributed by atoms with Crippen molar-refractivity contribution < 1.29 is 0 Å². The first-order chi connectivity index (χ1) is 7.92. The van der Waals surface area contributed by atoms with Gasteiger partial charge < -0.3 is 4.98 Å². The van der Waals surface area contributed by atoms with E-state index < -0.39 is 0 Å². The Morgan fingerprint density at radius 2 is 2.06 bits per heavy atom. The number of thiazole rings is 1. The van der Waals surface area contributed by atoms with Crippen LogP contribution in [-0.2, 0) is 0 Å². The molecule has 2 aromatic heterocycles. The zero-order valence-corrected chi connectivity index (χ0v) is 9.37. The lowest BCUT2D eigenvalue weighted by molar-refractivity contribution is 1.41. The molecule has 16 heavy (non-hydrogen) atoms. The number of hydrogen-bond acceptors (Lipinski definition) is 2. The zero-order valence-electron chi connectivity index (χ0n) is 8.55. The van der Waals surface area contributed by atoms with Crippen LogP contribution in [0.3, 0.4) is 0 Å². The molecule has 0 atom stereocenters. The summed E-state index contributed by atoms with van der Waals surface area (Å²) in [4.78, 5) is 7.56. The van der Waals surface area contributed by atoms with Gasteiger partial charge in [-0.05, 0) is 29.8 Å². The van der Waals surface area contributed by atoms with E-state index in [0.717, 1.165) is 10.5 Å². The number of para-hydroxylation sites is 1. The minimum atomic E-state index is 1.04. The van der Waals surface area contributed by atoms with Crippen molar-refractivity contribution in [2.24, 2.45) is 0 Å². The summed E-state index contributed by atoms with van der Waals surface area (Å²) in [6, 6.07) is 10.2. The molecule has 1 N–H and O–H groups in total. The molecule has 0 aliphatic heterocycles. The topological polar surface area (TPSA) is 28.7 Å². The summed E-state index contributed by atoms with van der Waals surface area (Å²) in [5.74, 6) is 0. The second-order valence-corrected chi connectivity index (χ2v) is 4.56. The fraction of sp³-hybridized carbons (Fsp3) is 0. The highest BCUT2D eigenvalue weighted by Crippen LogP contribution is 2.22. The van der Waals surface area contributed by atoms with Crippen molar-refractivity contribution in [3.05, 3.63) is 53.3 Å². The van der Waals surface area contributed by atoms with E-state index in [4.69, 9.17) is 0 Å². The van der Waals surface area contributed by atoms with Crippen LogP contribution < -0.4 is 0 Å². The molecular weight excluding hydrogens is 216 g/mol. The Morgan fingerprint density at radius 3 is 2.88 bits per heavy atom. The van der Waals surface area contributed by atoms with Crippen LogP contribution in [0.25, 0.3) is 22.4 Å². The van der Waals surface area contributed by atoms with Crippen LogP contribution in [0, 0.1) is 0 Å². The Morgan fingerprint density at radius 1 is 1.12 bits per heavy atom. The van der Waals surface area contributed by atoms with Crippen LogP contribution >= 0.6 is 11.3 Å².